The molecule has 0 saturated carbocycles. The Bertz CT molecular complexity index is 898. The number of nitrogens with one attached hydrogen (secondary N) is 2. The molecule has 2 unspecified atom stereocenters. The summed E-state index contributed by atoms with van der Waals surface area (Å²) >= 11 is 0. The fraction of sp³-hybridized carbons (Fsp3) is 0.316. The molecule has 27 heavy (non-hydrogen) atoms. The zero-order valence-electron chi connectivity index (χ0n) is 15.2. The second-order valence-corrected chi connectivity index (χ2v) is 6.61. The van der Waals surface area contributed by atoms with Gasteiger partial charge in [0.2, 0.25) is 0 Å². The number of hydrogen-bond acceptors (Lipinski definition) is 7. The second kappa shape index (κ2) is 7.61. The molecule has 0 bridgehead atoms. The van der Waals surface area contributed by atoms with Crippen molar-refractivity contribution in [2.24, 2.45) is 5.73 Å². The first-order valence-electron chi connectivity index (χ1n) is 8.64. The molecule has 6 N–H and O–H groups in total. The van der Waals surface area contributed by atoms with Crippen LogP contribution in [0.2, 0.25) is 0 Å². The fourth-order valence-corrected chi connectivity index (χ4v) is 3.48. The molecule has 0 aliphatic carbocycles. The van der Waals surface area contributed by atoms with Crippen LogP contribution in [0.1, 0.15) is 30.9 Å². The smallest absolute Gasteiger partial charge is 0.255 e. The van der Waals surface area contributed by atoms with Gasteiger partial charge < -0.3 is 16.2 Å². The lowest BCUT2D eigenvalue weighted by Gasteiger charge is -2.21. The molecule has 1 aromatic carbocycles. The van der Waals surface area contributed by atoms with Gasteiger partial charge in [-0.3, -0.25) is 15.6 Å². The molecule has 140 valence electrons. The maximum atomic E-state index is 11.1. The number of carbonyl (C=O) groups is 1. The first-order valence-corrected chi connectivity index (χ1v) is 8.64. The van der Waals surface area contributed by atoms with Gasteiger partial charge in [0.15, 0.2) is 6.61 Å². The van der Waals surface area contributed by atoms with E-state index < -0.39 is 5.91 Å². The lowest BCUT2D eigenvalue weighted by atomic mass is 9.85. The number of amides is 1. The van der Waals surface area contributed by atoms with E-state index in [1.807, 2.05) is 32.0 Å². The Morgan fingerprint density at radius 1 is 1.30 bits per heavy atom. The molecule has 1 aliphatic heterocycles. The molecule has 8 nitrogen and oxygen atoms in total. The van der Waals surface area contributed by atoms with E-state index in [0.717, 1.165) is 5.56 Å². The molecule has 0 radical (unpaired) electrons. The fourth-order valence-electron chi connectivity index (χ4n) is 3.48. The maximum Gasteiger partial charge on any atom is 0.255 e. The number of nitrogens with zero attached hydrogens (tertiary/aromatic N) is 2. The van der Waals surface area contributed by atoms with Crippen molar-refractivity contribution in [3.05, 3.63) is 41.5 Å². The predicted molar refractivity (Wildman–Crippen MR) is 101 cm³/mol. The number of nitriles is 1. The lowest BCUT2D eigenvalue weighted by molar-refractivity contribution is -0.119. The van der Waals surface area contributed by atoms with E-state index in [2.05, 4.69) is 21.9 Å². The van der Waals surface area contributed by atoms with E-state index >= 15 is 0 Å². The summed E-state index contributed by atoms with van der Waals surface area (Å²) in [4.78, 5) is 15.5. The third kappa shape index (κ3) is 3.69. The number of hydrazine groups is 1. The van der Waals surface area contributed by atoms with Gasteiger partial charge in [0, 0.05) is 23.6 Å². The van der Waals surface area contributed by atoms with E-state index in [4.69, 9.17) is 16.2 Å². The Morgan fingerprint density at radius 3 is 2.59 bits per heavy atom. The summed E-state index contributed by atoms with van der Waals surface area (Å²) in [6, 6.07) is 11.5. The van der Waals surface area contributed by atoms with Crippen molar-refractivity contribution in [3.8, 4) is 23.1 Å². The number of nitrogens with two attached hydrogens (primary N) is 2. The van der Waals surface area contributed by atoms with E-state index in [9.17, 15) is 10.1 Å². The number of hydrogen-bond donors (Lipinski definition) is 4. The highest BCUT2D eigenvalue weighted by atomic mass is 16.5. The van der Waals surface area contributed by atoms with Crippen molar-refractivity contribution < 1.29 is 9.53 Å². The van der Waals surface area contributed by atoms with Gasteiger partial charge >= 0.3 is 0 Å². The zero-order valence-corrected chi connectivity index (χ0v) is 15.2. The number of primary amides is 1. The first kappa shape index (κ1) is 18.6. The molecule has 1 fully saturated rings. The Hall–Kier alpha value is -3.15. The molecule has 8 heteroatoms. The first-order chi connectivity index (χ1) is 12.9. The molecule has 1 amide bonds. The highest BCUT2D eigenvalue weighted by Crippen LogP contribution is 2.36. The van der Waals surface area contributed by atoms with Crippen molar-refractivity contribution in [1.29, 1.82) is 5.26 Å². The van der Waals surface area contributed by atoms with Crippen LogP contribution in [0, 0.1) is 11.3 Å². The van der Waals surface area contributed by atoms with Crippen LogP contribution in [-0.4, -0.2) is 29.6 Å². The van der Waals surface area contributed by atoms with Crippen LogP contribution in [0.25, 0.3) is 11.3 Å². The number of rotatable bonds is 5. The van der Waals surface area contributed by atoms with Crippen molar-refractivity contribution >= 4 is 11.7 Å². The minimum Gasteiger partial charge on any atom is -0.483 e. The maximum absolute atomic E-state index is 11.1. The summed E-state index contributed by atoms with van der Waals surface area (Å²) < 4.78 is 5.51. The molecular weight excluding hydrogens is 344 g/mol. The number of nitrogen functional groups attached to an aromatic ring is 1. The average Bonchev–Trinajstić information content (AvgIpc) is 2.97. The number of benzene rings is 1. The number of aromatic nitrogens is 1. The molecular formula is C19H22N6O2. The highest BCUT2D eigenvalue weighted by Gasteiger charge is 2.34. The van der Waals surface area contributed by atoms with E-state index in [1.54, 1.807) is 12.1 Å². The second-order valence-electron chi connectivity index (χ2n) is 6.61. The van der Waals surface area contributed by atoms with Gasteiger partial charge in [0.1, 0.15) is 17.6 Å². The quantitative estimate of drug-likeness (QED) is 0.620. The average molecular weight is 366 g/mol. The van der Waals surface area contributed by atoms with Gasteiger partial charge in [0.25, 0.3) is 5.91 Å². The van der Waals surface area contributed by atoms with Crippen LogP contribution in [0.4, 0.5) is 5.82 Å². The van der Waals surface area contributed by atoms with Crippen LogP contribution in [0.3, 0.4) is 0 Å². The Balaban J connectivity index is 2.11. The standard InChI is InChI=1S/C19H22N6O2/c1-10-18(11(2)25-24-10)13-7-15(23-19(22)14(13)8-20)12-5-3-4-6-16(12)27-9-17(21)26/h3-7,10-11,18,24-25H,9H2,1-2H3,(H2,21,26)(H2,22,23). The third-order valence-corrected chi connectivity index (χ3v) is 4.70. The normalized spacial score (nSPS) is 21.6. The number of carbonyl (C=O) groups excluding carboxylic acids is 1. The van der Waals surface area contributed by atoms with Crippen LogP contribution in [0.15, 0.2) is 30.3 Å². The minimum atomic E-state index is -0.566. The van der Waals surface area contributed by atoms with Gasteiger partial charge in [0.05, 0.1) is 11.3 Å². The summed E-state index contributed by atoms with van der Waals surface area (Å²) in [6.45, 7) is 3.85. The van der Waals surface area contributed by atoms with Gasteiger partial charge in [-0.15, -0.1) is 0 Å². The van der Waals surface area contributed by atoms with E-state index in [1.165, 1.54) is 0 Å². The van der Waals surface area contributed by atoms with Crippen molar-refractivity contribution in [2.75, 3.05) is 12.3 Å². The summed E-state index contributed by atoms with van der Waals surface area (Å²) in [7, 11) is 0. The summed E-state index contributed by atoms with van der Waals surface area (Å²) in [5, 5.41) is 9.61. The predicted octanol–water partition coefficient (Wildman–Crippen LogP) is 1.03. The number of ether oxygens (including phenoxy) is 1. The SMILES string of the molecule is CC1NNC(C)C1c1cc(-c2ccccc2OCC(N)=O)nc(N)c1C#N. The molecule has 1 saturated heterocycles. The van der Waals surface area contributed by atoms with Crippen molar-refractivity contribution in [2.45, 2.75) is 31.8 Å². The van der Waals surface area contributed by atoms with E-state index in [0.29, 0.717) is 22.6 Å². The summed E-state index contributed by atoms with van der Waals surface area (Å²) in [5.41, 5.74) is 20.1. The topological polar surface area (TPSA) is 139 Å². The molecule has 2 heterocycles. The molecule has 3 rings (SSSR count). The third-order valence-electron chi connectivity index (χ3n) is 4.70. The summed E-state index contributed by atoms with van der Waals surface area (Å²) in [5.74, 6) is 0.120. The number of para-hydroxylation sites is 1. The monoisotopic (exact) mass is 366 g/mol. The van der Waals surface area contributed by atoms with Gasteiger partial charge in [-0.25, -0.2) is 4.98 Å². The summed E-state index contributed by atoms with van der Waals surface area (Å²) in [6.07, 6.45) is 0. The van der Waals surface area contributed by atoms with E-state index in [-0.39, 0.29) is 30.4 Å². The lowest BCUT2D eigenvalue weighted by Crippen LogP contribution is -2.30. The van der Waals surface area contributed by atoms with Gasteiger partial charge in [-0.05, 0) is 37.6 Å². The highest BCUT2D eigenvalue weighted by molar-refractivity contribution is 5.76. The van der Waals surface area contributed by atoms with Crippen LogP contribution in [-0.2, 0) is 4.79 Å². The Labute approximate surface area is 157 Å². The van der Waals surface area contributed by atoms with Gasteiger partial charge in [-0.2, -0.15) is 5.26 Å². The van der Waals surface area contributed by atoms with Gasteiger partial charge in [-0.1, -0.05) is 12.1 Å². The Kier molecular flexibility index (Phi) is 5.26. The van der Waals surface area contributed by atoms with Crippen molar-refractivity contribution in [3.63, 3.8) is 0 Å². The Morgan fingerprint density at radius 2 is 1.96 bits per heavy atom. The largest absolute Gasteiger partial charge is 0.483 e. The molecule has 0 spiro atoms. The number of anilines is 1. The molecule has 2 aromatic rings. The number of pyridine rings is 1. The molecule has 1 aliphatic rings. The zero-order chi connectivity index (χ0) is 19.6. The van der Waals surface area contributed by atoms with Crippen LogP contribution < -0.4 is 27.1 Å². The minimum absolute atomic E-state index is 0.0439. The van der Waals surface area contributed by atoms with Crippen LogP contribution >= 0.6 is 0 Å². The van der Waals surface area contributed by atoms with Crippen molar-refractivity contribution in [1.82, 2.24) is 15.8 Å². The van der Waals surface area contributed by atoms with Crippen LogP contribution in [0.5, 0.6) is 5.75 Å². The molecule has 2 atom stereocenters. The molecule has 1 aromatic heterocycles.